The van der Waals surface area contributed by atoms with Gasteiger partial charge in [0.1, 0.15) is 11.5 Å². The van der Waals surface area contributed by atoms with Gasteiger partial charge in [0, 0.05) is 19.5 Å². The third-order valence-corrected chi connectivity index (χ3v) is 7.83. The molecule has 1 aliphatic rings. The van der Waals surface area contributed by atoms with Crippen molar-refractivity contribution in [3.8, 4) is 0 Å². The fourth-order valence-corrected chi connectivity index (χ4v) is 5.36. The first-order valence-electron chi connectivity index (χ1n) is 15.0. The Morgan fingerprint density at radius 2 is 1.57 bits per heavy atom. The van der Waals surface area contributed by atoms with E-state index in [1.165, 1.54) is 12.0 Å². The maximum absolute atomic E-state index is 13.7. The molecule has 8 nitrogen and oxygen atoms in total. The van der Waals surface area contributed by atoms with Crippen LogP contribution in [0.5, 0.6) is 0 Å². The van der Waals surface area contributed by atoms with Crippen molar-refractivity contribution in [2.45, 2.75) is 59.0 Å². The molecule has 0 spiro atoms. The SMILES string of the molecule is CCCCc1ncc(/C=C2/C(=O)N(CCCC)C(=O)N2Cc2ccc3ccccc3c2)n1Cc1ccc(C(=O)OC)cc1.Cl. The normalized spacial score (nSPS) is 14.0. The molecule has 5 rings (SSSR count). The molecule has 44 heavy (non-hydrogen) atoms. The van der Waals surface area contributed by atoms with Crippen molar-refractivity contribution in [3.05, 3.63) is 107 Å². The number of benzene rings is 3. The minimum atomic E-state index is -0.383. The van der Waals surface area contributed by atoms with Crippen molar-refractivity contribution >= 4 is 47.2 Å². The number of fused-ring (bicyclic) bond motifs is 1. The number of esters is 1. The maximum Gasteiger partial charge on any atom is 0.337 e. The van der Waals surface area contributed by atoms with Crippen molar-refractivity contribution in [2.75, 3.05) is 13.7 Å². The molecule has 0 unspecified atom stereocenters. The van der Waals surface area contributed by atoms with Crippen LogP contribution in [-0.4, -0.2) is 50.9 Å². The minimum Gasteiger partial charge on any atom is -0.465 e. The largest absolute Gasteiger partial charge is 0.465 e. The van der Waals surface area contributed by atoms with Crippen LogP contribution in [0.25, 0.3) is 16.8 Å². The molecular formula is C35H39ClN4O4. The number of ether oxygens (including phenoxy) is 1. The van der Waals surface area contributed by atoms with E-state index in [2.05, 4.69) is 23.6 Å². The van der Waals surface area contributed by atoms with E-state index >= 15 is 0 Å². The Labute approximate surface area is 264 Å². The van der Waals surface area contributed by atoms with Gasteiger partial charge in [-0.1, -0.05) is 75.2 Å². The molecule has 230 valence electrons. The molecule has 0 N–H and O–H groups in total. The monoisotopic (exact) mass is 614 g/mol. The summed E-state index contributed by atoms with van der Waals surface area (Å²) in [5.74, 6) is 0.239. The predicted molar refractivity (Wildman–Crippen MR) is 174 cm³/mol. The molecule has 0 saturated carbocycles. The van der Waals surface area contributed by atoms with Gasteiger partial charge in [0.25, 0.3) is 5.91 Å². The third kappa shape index (κ3) is 7.03. The Morgan fingerprint density at radius 3 is 2.27 bits per heavy atom. The first kappa shape index (κ1) is 32.5. The molecule has 0 radical (unpaired) electrons. The van der Waals surface area contributed by atoms with Crippen LogP contribution < -0.4 is 0 Å². The smallest absolute Gasteiger partial charge is 0.337 e. The number of urea groups is 1. The summed E-state index contributed by atoms with van der Waals surface area (Å²) in [6.07, 6.45) is 8.00. The van der Waals surface area contributed by atoms with Gasteiger partial charge >= 0.3 is 12.0 Å². The third-order valence-electron chi connectivity index (χ3n) is 7.83. The highest BCUT2D eigenvalue weighted by atomic mass is 35.5. The van der Waals surface area contributed by atoms with Gasteiger partial charge in [-0.2, -0.15) is 0 Å². The Kier molecular flexibility index (Phi) is 11.0. The van der Waals surface area contributed by atoms with Crippen molar-refractivity contribution in [1.29, 1.82) is 0 Å². The number of aryl methyl sites for hydroxylation is 1. The fourth-order valence-electron chi connectivity index (χ4n) is 5.36. The molecular weight excluding hydrogens is 576 g/mol. The Bertz CT molecular complexity index is 1660. The number of nitrogens with zero attached hydrogens (tertiary/aromatic N) is 4. The van der Waals surface area contributed by atoms with Crippen LogP contribution in [0.3, 0.4) is 0 Å². The van der Waals surface area contributed by atoms with E-state index < -0.39 is 0 Å². The molecule has 1 fully saturated rings. The molecule has 4 aromatic rings. The quantitative estimate of drug-likeness (QED) is 0.0954. The lowest BCUT2D eigenvalue weighted by Gasteiger charge is -2.18. The number of methoxy groups -OCH3 is 1. The Hall–Kier alpha value is -4.43. The number of rotatable bonds is 12. The number of unbranched alkanes of at least 4 members (excludes halogenated alkanes) is 2. The summed E-state index contributed by atoms with van der Waals surface area (Å²) < 4.78 is 6.93. The molecule has 9 heteroatoms. The van der Waals surface area contributed by atoms with E-state index in [0.29, 0.717) is 24.4 Å². The number of carbonyl (C=O) groups is 3. The first-order chi connectivity index (χ1) is 20.9. The highest BCUT2D eigenvalue weighted by Gasteiger charge is 2.40. The summed E-state index contributed by atoms with van der Waals surface area (Å²) in [6, 6.07) is 21.2. The average molecular weight is 615 g/mol. The average Bonchev–Trinajstić information content (AvgIpc) is 3.51. The molecule has 1 aliphatic heterocycles. The second kappa shape index (κ2) is 14.8. The summed E-state index contributed by atoms with van der Waals surface area (Å²) in [4.78, 5) is 47.0. The molecule has 0 bridgehead atoms. The van der Waals surface area contributed by atoms with Crippen LogP contribution in [0.4, 0.5) is 4.79 Å². The summed E-state index contributed by atoms with van der Waals surface area (Å²) in [6.45, 7) is 5.36. The number of imide groups is 1. The molecule has 3 aromatic carbocycles. The first-order valence-corrected chi connectivity index (χ1v) is 15.0. The van der Waals surface area contributed by atoms with Crippen LogP contribution >= 0.6 is 12.4 Å². The zero-order valence-electron chi connectivity index (χ0n) is 25.5. The Balaban J connectivity index is 0.00000442. The summed E-state index contributed by atoms with van der Waals surface area (Å²) >= 11 is 0. The minimum absolute atomic E-state index is 0. The second-order valence-corrected chi connectivity index (χ2v) is 10.9. The van der Waals surface area contributed by atoms with E-state index in [4.69, 9.17) is 9.72 Å². The van der Waals surface area contributed by atoms with E-state index in [1.54, 1.807) is 29.3 Å². The molecule has 2 heterocycles. The lowest BCUT2D eigenvalue weighted by Crippen LogP contribution is -2.33. The molecule has 0 aliphatic carbocycles. The van der Waals surface area contributed by atoms with Crippen LogP contribution in [0.15, 0.2) is 78.6 Å². The van der Waals surface area contributed by atoms with Crippen LogP contribution in [0.1, 0.15) is 72.5 Å². The van der Waals surface area contributed by atoms with Gasteiger partial charge in [0.05, 0.1) is 31.1 Å². The van der Waals surface area contributed by atoms with Gasteiger partial charge in [-0.3, -0.25) is 14.6 Å². The summed E-state index contributed by atoms with van der Waals surface area (Å²) in [7, 11) is 1.36. The van der Waals surface area contributed by atoms with Crippen LogP contribution in [-0.2, 0) is 29.0 Å². The second-order valence-electron chi connectivity index (χ2n) is 10.9. The van der Waals surface area contributed by atoms with Crippen molar-refractivity contribution in [3.63, 3.8) is 0 Å². The highest BCUT2D eigenvalue weighted by molar-refractivity contribution is 6.13. The maximum atomic E-state index is 13.7. The van der Waals surface area contributed by atoms with Crippen molar-refractivity contribution in [2.24, 2.45) is 0 Å². The number of imidazole rings is 1. The molecule has 1 saturated heterocycles. The van der Waals surface area contributed by atoms with Gasteiger partial charge in [-0.15, -0.1) is 12.4 Å². The van der Waals surface area contributed by atoms with E-state index in [0.717, 1.165) is 65.5 Å². The number of carbonyl (C=O) groups excluding carboxylic acids is 3. The lowest BCUT2D eigenvalue weighted by atomic mass is 10.1. The topological polar surface area (TPSA) is 84.7 Å². The van der Waals surface area contributed by atoms with Crippen molar-refractivity contribution < 1.29 is 19.1 Å². The zero-order chi connectivity index (χ0) is 30.3. The fraction of sp³-hybridized carbons (Fsp3) is 0.314. The van der Waals surface area contributed by atoms with Gasteiger partial charge in [0.15, 0.2) is 0 Å². The van der Waals surface area contributed by atoms with Crippen LogP contribution in [0.2, 0.25) is 0 Å². The summed E-state index contributed by atoms with van der Waals surface area (Å²) in [5, 5.41) is 2.21. The molecule has 0 atom stereocenters. The predicted octanol–water partition coefficient (Wildman–Crippen LogP) is 7.24. The van der Waals surface area contributed by atoms with E-state index in [-0.39, 0.29) is 36.9 Å². The van der Waals surface area contributed by atoms with E-state index in [9.17, 15) is 14.4 Å². The number of amides is 3. The van der Waals surface area contributed by atoms with E-state index in [1.807, 2.05) is 49.4 Å². The number of halogens is 1. The Morgan fingerprint density at radius 1 is 0.864 bits per heavy atom. The number of aromatic nitrogens is 2. The standard InChI is InChI=1S/C35H38N4O4.ClH/c1-4-6-12-32-36-22-30(38(32)23-25-13-17-28(18-14-25)34(41)43-3)21-31-33(40)37(19-7-5-2)35(42)39(31)24-26-15-16-27-10-8-9-11-29(27)20-26;/h8-11,13-18,20-22H,4-7,12,19,23-24H2,1-3H3;1H/b31-21-;. The molecule has 1 aromatic heterocycles. The van der Waals surface area contributed by atoms with Gasteiger partial charge in [0.2, 0.25) is 0 Å². The van der Waals surface area contributed by atoms with Crippen molar-refractivity contribution in [1.82, 2.24) is 19.4 Å². The number of hydrogen-bond donors (Lipinski definition) is 0. The zero-order valence-corrected chi connectivity index (χ0v) is 26.3. The van der Waals surface area contributed by atoms with Crippen LogP contribution in [0, 0.1) is 0 Å². The molecule has 3 amide bonds. The van der Waals surface area contributed by atoms with Gasteiger partial charge in [-0.25, -0.2) is 14.6 Å². The highest BCUT2D eigenvalue weighted by Crippen LogP contribution is 2.28. The van der Waals surface area contributed by atoms with Gasteiger partial charge in [-0.05, 0) is 59.0 Å². The number of hydrogen-bond acceptors (Lipinski definition) is 5. The summed E-state index contributed by atoms with van der Waals surface area (Å²) in [5.41, 5.74) is 3.51. The lowest BCUT2D eigenvalue weighted by molar-refractivity contribution is -0.123. The van der Waals surface area contributed by atoms with Gasteiger partial charge < -0.3 is 9.30 Å².